The number of para-hydroxylation sites is 1. The smallest absolute Gasteiger partial charge is 0.407 e. The molecule has 0 radical (unpaired) electrons. The number of amides is 1. The predicted octanol–water partition coefficient (Wildman–Crippen LogP) is 3.78. The maximum Gasteiger partial charge on any atom is 0.407 e. The highest BCUT2D eigenvalue weighted by atomic mass is 19.3. The standard InChI is InChI=1S/C23H27F2NO6/c1-22(2,3)32-21(30)26-17(19(27)23(24,25)20(28)29)13-16-11-7-8-12-18(16)31-14-15-9-5-4-6-10-15/h4-12,17,19,27H,13-14H2,1-3H3,(H,26,30)(H,28,29). The number of carboxylic acid groups (broad SMARTS) is 1. The number of hydrogen-bond donors (Lipinski definition) is 3. The second kappa shape index (κ2) is 10.4. The van der Waals surface area contributed by atoms with Crippen LogP contribution in [0.15, 0.2) is 54.6 Å². The largest absolute Gasteiger partial charge is 0.489 e. The molecule has 0 aliphatic heterocycles. The highest BCUT2D eigenvalue weighted by Crippen LogP contribution is 2.27. The number of halogens is 2. The average Bonchev–Trinajstić information content (AvgIpc) is 2.71. The second-order valence-corrected chi connectivity index (χ2v) is 8.21. The maximum absolute atomic E-state index is 14.1. The zero-order chi connectivity index (χ0) is 23.9. The van der Waals surface area contributed by atoms with Crippen molar-refractivity contribution in [3.05, 3.63) is 65.7 Å². The molecule has 0 aliphatic carbocycles. The first kappa shape index (κ1) is 25.1. The number of benzene rings is 2. The number of alkyl carbamates (subject to hydrolysis) is 1. The van der Waals surface area contributed by atoms with E-state index in [-0.39, 0.29) is 13.0 Å². The van der Waals surface area contributed by atoms with E-state index in [0.717, 1.165) is 5.56 Å². The summed E-state index contributed by atoms with van der Waals surface area (Å²) in [6.45, 7) is 4.94. The number of alkyl halides is 2. The monoisotopic (exact) mass is 451 g/mol. The number of rotatable bonds is 9. The van der Waals surface area contributed by atoms with Gasteiger partial charge in [0.05, 0.1) is 6.04 Å². The molecule has 0 aromatic heterocycles. The molecule has 9 heteroatoms. The maximum atomic E-state index is 14.1. The fourth-order valence-corrected chi connectivity index (χ4v) is 2.87. The van der Waals surface area contributed by atoms with Gasteiger partial charge < -0.3 is 25.0 Å². The molecule has 0 spiro atoms. The Morgan fingerprint density at radius 1 is 1.03 bits per heavy atom. The lowest BCUT2D eigenvalue weighted by Crippen LogP contribution is -2.56. The van der Waals surface area contributed by atoms with Crippen LogP contribution in [0.3, 0.4) is 0 Å². The summed E-state index contributed by atoms with van der Waals surface area (Å²) >= 11 is 0. The number of carboxylic acids is 1. The molecule has 2 aromatic carbocycles. The molecule has 2 aromatic rings. The summed E-state index contributed by atoms with van der Waals surface area (Å²) in [5.74, 6) is -6.66. The van der Waals surface area contributed by atoms with Crippen LogP contribution in [0.5, 0.6) is 5.75 Å². The predicted molar refractivity (Wildman–Crippen MR) is 113 cm³/mol. The van der Waals surface area contributed by atoms with Crippen LogP contribution in [0.4, 0.5) is 13.6 Å². The van der Waals surface area contributed by atoms with Crippen LogP contribution < -0.4 is 10.1 Å². The summed E-state index contributed by atoms with van der Waals surface area (Å²) in [5.41, 5.74) is 0.346. The van der Waals surface area contributed by atoms with Gasteiger partial charge in [0.1, 0.15) is 24.1 Å². The van der Waals surface area contributed by atoms with Crippen molar-refractivity contribution in [2.24, 2.45) is 0 Å². The van der Waals surface area contributed by atoms with Crippen LogP contribution in [-0.4, -0.2) is 45.9 Å². The first-order chi connectivity index (χ1) is 14.9. The molecule has 3 N–H and O–H groups in total. The summed E-state index contributed by atoms with van der Waals surface area (Å²) in [6, 6.07) is 14.1. The lowest BCUT2D eigenvalue weighted by molar-refractivity contribution is -0.185. The van der Waals surface area contributed by atoms with E-state index >= 15 is 0 Å². The average molecular weight is 451 g/mol. The summed E-state index contributed by atoms with van der Waals surface area (Å²) in [6.07, 6.45) is -4.10. The highest BCUT2D eigenvalue weighted by Gasteiger charge is 2.51. The van der Waals surface area contributed by atoms with E-state index in [0.29, 0.717) is 11.3 Å². The van der Waals surface area contributed by atoms with E-state index in [1.807, 2.05) is 30.3 Å². The normalized spacial score (nSPS) is 13.7. The quantitative estimate of drug-likeness (QED) is 0.536. The molecular formula is C23H27F2NO6. The van der Waals surface area contributed by atoms with Gasteiger partial charge >= 0.3 is 18.0 Å². The van der Waals surface area contributed by atoms with Crippen LogP contribution in [0.2, 0.25) is 0 Å². The molecule has 7 nitrogen and oxygen atoms in total. The van der Waals surface area contributed by atoms with Crippen molar-refractivity contribution in [2.45, 2.75) is 57.5 Å². The number of aliphatic hydroxyl groups excluding tert-OH is 1. The van der Waals surface area contributed by atoms with Gasteiger partial charge in [-0.3, -0.25) is 0 Å². The number of nitrogens with one attached hydrogen (secondary N) is 1. The Labute approximate surface area is 185 Å². The third kappa shape index (κ3) is 7.19. The van der Waals surface area contributed by atoms with E-state index in [4.69, 9.17) is 14.6 Å². The number of carbonyl (C=O) groups is 2. The zero-order valence-corrected chi connectivity index (χ0v) is 18.0. The second-order valence-electron chi connectivity index (χ2n) is 8.21. The van der Waals surface area contributed by atoms with E-state index in [1.54, 1.807) is 45.0 Å². The number of carbonyl (C=O) groups excluding carboxylic acids is 1. The van der Waals surface area contributed by atoms with Gasteiger partial charge in [-0.2, -0.15) is 8.78 Å². The van der Waals surface area contributed by atoms with Crippen LogP contribution >= 0.6 is 0 Å². The molecule has 2 atom stereocenters. The molecule has 174 valence electrons. The van der Waals surface area contributed by atoms with Gasteiger partial charge in [-0.25, -0.2) is 9.59 Å². The lowest BCUT2D eigenvalue weighted by Gasteiger charge is -2.29. The first-order valence-electron chi connectivity index (χ1n) is 9.93. The van der Waals surface area contributed by atoms with Crippen molar-refractivity contribution >= 4 is 12.1 Å². The number of aliphatic hydroxyl groups is 1. The molecule has 0 aliphatic rings. The van der Waals surface area contributed by atoms with Gasteiger partial charge in [-0.15, -0.1) is 0 Å². The van der Waals surface area contributed by atoms with Crippen LogP contribution in [0.1, 0.15) is 31.9 Å². The van der Waals surface area contributed by atoms with Crippen molar-refractivity contribution in [1.29, 1.82) is 0 Å². The molecular weight excluding hydrogens is 424 g/mol. The fraction of sp³-hybridized carbons (Fsp3) is 0.391. The summed E-state index contributed by atoms with van der Waals surface area (Å²) in [5, 5.41) is 21.2. The van der Waals surface area contributed by atoms with Crippen molar-refractivity contribution in [3.8, 4) is 5.75 Å². The molecule has 1 amide bonds. The highest BCUT2D eigenvalue weighted by molar-refractivity contribution is 5.76. The van der Waals surface area contributed by atoms with Crippen molar-refractivity contribution in [1.82, 2.24) is 5.32 Å². The number of aliphatic carboxylic acids is 1. The minimum Gasteiger partial charge on any atom is -0.489 e. The molecule has 2 rings (SSSR count). The Bertz CT molecular complexity index is 914. The first-order valence-corrected chi connectivity index (χ1v) is 9.93. The minimum absolute atomic E-state index is 0.204. The third-order valence-corrected chi connectivity index (χ3v) is 4.39. The Hall–Kier alpha value is -3.20. The minimum atomic E-state index is -4.50. The zero-order valence-electron chi connectivity index (χ0n) is 18.0. The Balaban J connectivity index is 2.26. The van der Waals surface area contributed by atoms with Crippen molar-refractivity contribution < 1.29 is 38.1 Å². The third-order valence-electron chi connectivity index (χ3n) is 4.39. The van der Waals surface area contributed by atoms with Crippen LogP contribution in [0, 0.1) is 0 Å². The van der Waals surface area contributed by atoms with E-state index in [1.165, 1.54) is 0 Å². The molecule has 0 saturated carbocycles. The van der Waals surface area contributed by atoms with Gasteiger partial charge in [0, 0.05) is 0 Å². The van der Waals surface area contributed by atoms with Gasteiger partial charge in [0.2, 0.25) is 0 Å². The number of ether oxygens (including phenoxy) is 2. The molecule has 0 bridgehead atoms. The molecule has 0 saturated heterocycles. The van der Waals surface area contributed by atoms with Crippen LogP contribution in [-0.2, 0) is 22.6 Å². The lowest BCUT2D eigenvalue weighted by atomic mass is 9.96. The molecule has 2 unspecified atom stereocenters. The SMILES string of the molecule is CC(C)(C)OC(=O)NC(Cc1ccccc1OCc1ccccc1)C(O)C(F)(F)C(=O)O. The van der Waals surface area contributed by atoms with Gasteiger partial charge in [-0.1, -0.05) is 48.5 Å². The fourth-order valence-electron chi connectivity index (χ4n) is 2.87. The Kier molecular flexibility index (Phi) is 8.15. The molecule has 32 heavy (non-hydrogen) atoms. The summed E-state index contributed by atoms with van der Waals surface area (Å²) < 4.78 is 39.0. The van der Waals surface area contributed by atoms with Gasteiger partial charge in [0.25, 0.3) is 0 Å². The van der Waals surface area contributed by atoms with Gasteiger partial charge in [0.15, 0.2) is 0 Å². The van der Waals surface area contributed by atoms with Crippen molar-refractivity contribution in [3.63, 3.8) is 0 Å². The summed E-state index contributed by atoms with van der Waals surface area (Å²) in [4.78, 5) is 23.2. The van der Waals surface area contributed by atoms with Crippen LogP contribution in [0.25, 0.3) is 0 Å². The van der Waals surface area contributed by atoms with E-state index in [2.05, 4.69) is 5.32 Å². The van der Waals surface area contributed by atoms with E-state index in [9.17, 15) is 23.5 Å². The molecule has 0 fully saturated rings. The molecule has 0 heterocycles. The van der Waals surface area contributed by atoms with Gasteiger partial charge in [-0.05, 0) is 44.4 Å². The van der Waals surface area contributed by atoms with Crippen molar-refractivity contribution in [2.75, 3.05) is 0 Å². The summed E-state index contributed by atoms with van der Waals surface area (Å²) in [7, 11) is 0. The van der Waals surface area contributed by atoms with E-state index < -0.39 is 35.7 Å². The number of hydrogen-bond acceptors (Lipinski definition) is 5. The Morgan fingerprint density at radius 3 is 2.22 bits per heavy atom. The Morgan fingerprint density at radius 2 is 1.62 bits per heavy atom. The topological polar surface area (TPSA) is 105 Å².